The van der Waals surface area contributed by atoms with Crippen LogP contribution in [0.2, 0.25) is 0 Å². The number of fused-ring (bicyclic) bond motifs is 4. The molecule has 1 aliphatic heterocycles. The van der Waals surface area contributed by atoms with Crippen molar-refractivity contribution >= 4 is 44.6 Å². The molecule has 5 nitrogen and oxygen atoms in total. The van der Waals surface area contributed by atoms with E-state index in [0.717, 1.165) is 45.0 Å². The zero-order valence-corrected chi connectivity index (χ0v) is 45.5. The number of pyridine rings is 1. The second-order valence-corrected chi connectivity index (χ2v) is 22.6. The summed E-state index contributed by atoms with van der Waals surface area (Å²) in [5.74, 6) is 2.41. The van der Waals surface area contributed by atoms with Gasteiger partial charge in [0, 0.05) is 72.2 Å². The Bertz CT molecular complexity index is 3320. The molecule has 0 radical (unpaired) electrons. The first-order valence-corrected chi connectivity index (χ1v) is 24.8. The van der Waals surface area contributed by atoms with E-state index in [0.29, 0.717) is 17.4 Å². The van der Waals surface area contributed by atoms with E-state index in [-0.39, 0.29) is 42.7 Å². The molecular formula is C65H65N4OPt-3. The maximum absolute atomic E-state index is 6.78. The van der Waals surface area contributed by atoms with Gasteiger partial charge in [0.1, 0.15) is 5.82 Å². The summed E-state index contributed by atoms with van der Waals surface area (Å²) in [6, 6.07) is 64.7. The minimum Gasteiger partial charge on any atom is -0.509 e. The van der Waals surface area contributed by atoms with E-state index in [1.807, 2.05) is 18.3 Å². The number of benzene rings is 7. The smallest absolute Gasteiger partial charge is 0.135 e. The molecule has 0 spiro atoms. The van der Waals surface area contributed by atoms with Gasteiger partial charge in [0.2, 0.25) is 0 Å². The molecule has 10 rings (SSSR count). The van der Waals surface area contributed by atoms with E-state index in [9.17, 15) is 0 Å². The zero-order valence-electron chi connectivity index (χ0n) is 43.3. The van der Waals surface area contributed by atoms with Crippen LogP contribution < -0.4 is 14.5 Å². The van der Waals surface area contributed by atoms with Gasteiger partial charge in [-0.3, -0.25) is 0 Å². The van der Waals surface area contributed by atoms with Crippen molar-refractivity contribution in [3.8, 4) is 17.3 Å². The molecule has 3 heterocycles. The molecule has 0 saturated carbocycles. The molecule has 0 atom stereocenters. The topological polar surface area (TPSA) is 33.5 Å². The maximum atomic E-state index is 6.78. The van der Waals surface area contributed by atoms with Gasteiger partial charge in [0.25, 0.3) is 0 Å². The maximum Gasteiger partial charge on any atom is 0.135 e. The van der Waals surface area contributed by atoms with E-state index in [2.05, 4.69) is 262 Å². The average molecular weight is 1110 g/mol. The van der Waals surface area contributed by atoms with Crippen molar-refractivity contribution in [3.05, 3.63) is 222 Å². The molecule has 1 aliphatic rings. The molecule has 364 valence electrons. The second-order valence-electron chi connectivity index (χ2n) is 22.6. The molecule has 0 saturated heterocycles. The Morgan fingerprint density at radius 2 is 1.13 bits per heavy atom. The van der Waals surface area contributed by atoms with E-state index >= 15 is 0 Å². The Labute approximate surface area is 436 Å². The fraction of sp³-hybridized carbons (Fsp3) is 0.262. The van der Waals surface area contributed by atoms with Gasteiger partial charge in [-0.2, -0.15) is 12.1 Å². The Hall–Kier alpha value is -6.42. The zero-order chi connectivity index (χ0) is 49.3. The number of nitrogens with zero attached hydrogens (tertiary/aromatic N) is 4. The monoisotopic (exact) mass is 1110 g/mol. The summed E-state index contributed by atoms with van der Waals surface area (Å²) in [5.41, 5.74) is 14.4. The summed E-state index contributed by atoms with van der Waals surface area (Å²) < 4.78 is 9.02. The van der Waals surface area contributed by atoms with Gasteiger partial charge in [-0.1, -0.05) is 174 Å². The third kappa shape index (κ3) is 9.35. The van der Waals surface area contributed by atoms with Crippen LogP contribution in [0.15, 0.2) is 164 Å². The van der Waals surface area contributed by atoms with Crippen molar-refractivity contribution in [1.82, 2.24) is 9.55 Å². The fourth-order valence-electron chi connectivity index (χ4n) is 9.90. The van der Waals surface area contributed by atoms with Gasteiger partial charge in [0.05, 0.1) is 0 Å². The molecule has 71 heavy (non-hydrogen) atoms. The minimum atomic E-state index is -0.265. The molecule has 2 aromatic heterocycles. The summed E-state index contributed by atoms with van der Waals surface area (Å²) in [4.78, 5) is 9.56. The summed E-state index contributed by atoms with van der Waals surface area (Å²) >= 11 is 0. The fourth-order valence-corrected chi connectivity index (χ4v) is 9.90. The summed E-state index contributed by atoms with van der Waals surface area (Å²) in [6.45, 7) is 29.6. The molecule has 0 bridgehead atoms. The van der Waals surface area contributed by atoms with Crippen LogP contribution in [0.5, 0.6) is 11.5 Å². The summed E-state index contributed by atoms with van der Waals surface area (Å²) in [5, 5.41) is 2.27. The van der Waals surface area contributed by atoms with E-state index in [4.69, 9.17) is 9.72 Å². The SMILES string of the molecule is CC(C)c1ccc2c(c1)N(c1[c-]c(Oc3[c-]c4c(cc3)c3cc(C(C)(C)C)ccc3n4-c3cc(C(C)(C)C)ccn3)ccc1)[CH-]N2c1cc(C(C)(C)c2ccccc2)cc(C(C)(C)c2ccccc2)c1.[Pt]. The predicted molar refractivity (Wildman–Crippen MR) is 293 cm³/mol. The van der Waals surface area contributed by atoms with Crippen LogP contribution in [0.4, 0.5) is 22.7 Å². The van der Waals surface area contributed by atoms with Gasteiger partial charge in [-0.05, 0) is 104 Å². The van der Waals surface area contributed by atoms with Crippen LogP contribution in [-0.4, -0.2) is 9.55 Å². The van der Waals surface area contributed by atoms with Gasteiger partial charge in [-0.25, -0.2) is 4.98 Å². The molecule has 7 aromatic carbocycles. The average Bonchev–Trinajstić information content (AvgIpc) is 3.89. The van der Waals surface area contributed by atoms with E-state index in [1.54, 1.807) is 0 Å². The summed E-state index contributed by atoms with van der Waals surface area (Å²) in [7, 11) is 0. The van der Waals surface area contributed by atoms with Crippen LogP contribution >= 0.6 is 0 Å². The number of hydrogen-bond donors (Lipinski definition) is 0. The third-order valence-corrected chi connectivity index (χ3v) is 14.6. The van der Waals surface area contributed by atoms with Gasteiger partial charge in [-0.15, -0.1) is 48.1 Å². The Kier molecular flexibility index (Phi) is 13.0. The predicted octanol–water partition coefficient (Wildman–Crippen LogP) is 17.3. The van der Waals surface area contributed by atoms with E-state index in [1.165, 1.54) is 44.3 Å². The van der Waals surface area contributed by atoms with Gasteiger partial charge >= 0.3 is 0 Å². The molecule has 0 fully saturated rings. The Balaban J connectivity index is 0.00000624. The Morgan fingerprint density at radius 1 is 0.507 bits per heavy atom. The van der Waals surface area contributed by atoms with Crippen molar-refractivity contribution in [2.45, 2.75) is 111 Å². The molecule has 0 unspecified atom stereocenters. The normalized spacial score (nSPS) is 13.3. The molecule has 9 aromatic rings. The molecule has 0 amide bonds. The number of hydrogen-bond acceptors (Lipinski definition) is 4. The number of ether oxygens (including phenoxy) is 1. The third-order valence-electron chi connectivity index (χ3n) is 14.6. The quantitative estimate of drug-likeness (QED) is 0.128. The van der Waals surface area contributed by atoms with Gasteiger partial charge in [0.15, 0.2) is 0 Å². The largest absolute Gasteiger partial charge is 0.509 e. The van der Waals surface area contributed by atoms with Crippen LogP contribution in [0.25, 0.3) is 27.6 Å². The number of rotatable bonds is 10. The van der Waals surface area contributed by atoms with Crippen molar-refractivity contribution in [3.63, 3.8) is 0 Å². The Morgan fingerprint density at radius 3 is 1.75 bits per heavy atom. The van der Waals surface area contributed by atoms with Crippen molar-refractivity contribution in [2.75, 3.05) is 9.80 Å². The number of anilines is 4. The first-order valence-electron chi connectivity index (χ1n) is 24.8. The molecule has 6 heteroatoms. The van der Waals surface area contributed by atoms with Crippen molar-refractivity contribution in [1.29, 1.82) is 0 Å². The second kappa shape index (κ2) is 18.6. The first-order chi connectivity index (χ1) is 33.3. The van der Waals surface area contributed by atoms with E-state index < -0.39 is 0 Å². The first kappa shape index (κ1) is 49.6. The summed E-state index contributed by atoms with van der Waals surface area (Å²) in [6.07, 6.45) is 1.92. The van der Waals surface area contributed by atoms with Crippen LogP contribution in [0, 0.1) is 18.8 Å². The molecular weight excluding hydrogens is 1050 g/mol. The van der Waals surface area contributed by atoms with Gasteiger partial charge < -0.3 is 19.1 Å². The minimum absolute atomic E-state index is 0. The molecule has 0 N–H and O–H groups in total. The van der Waals surface area contributed by atoms with Crippen LogP contribution in [-0.2, 0) is 42.7 Å². The van der Waals surface area contributed by atoms with Crippen LogP contribution in [0.1, 0.15) is 128 Å². The van der Waals surface area contributed by atoms with Crippen molar-refractivity contribution < 1.29 is 25.8 Å². The van der Waals surface area contributed by atoms with Crippen molar-refractivity contribution in [2.24, 2.45) is 0 Å². The number of aromatic nitrogens is 2. The van der Waals surface area contributed by atoms with Crippen LogP contribution in [0.3, 0.4) is 0 Å². The molecule has 0 aliphatic carbocycles. The standard InChI is InChI=1S/C65H65N4O.Pt/c1-43(2)44-26-30-58-60(34-44)67(42-68(58)52-36-49(64(9,10)45-20-15-13-16-21-45)35-50(37-52)65(11,12)46-22-17-14-18-23-46)51-24-19-25-53(40-51)70-54-28-29-55-56-38-47(62(3,4)5)27-31-57(56)69(59(55)41-54)61-39-48(32-33-66-61)63(6,7)8;/h13-39,42-43H,1-12H3;/q-3;.